The molecule has 4 aromatic rings. The Balaban J connectivity index is 1.86. The molecule has 0 aliphatic carbocycles. The first-order valence-corrected chi connectivity index (χ1v) is 7.04. The Morgan fingerprint density at radius 1 is 1.04 bits per heavy atom. The molecule has 8 heteroatoms. The van der Waals surface area contributed by atoms with E-state index in [2.05, 4.69) is 30.7 Å². The second kappa shape index (κ2) is 5.01. The van der Waals surface area contributed by atoms with Crippen LogP contribution in [0, 0.1) is 5.92 Å². The highest BCUT2D eigenvalue weighted by Crippen LogP contribution is 2.41. The Labute approximate surface area is 130 Å². The first-order valence-electron chi connectivity index (χ1n) is 7.04. The highest BCUT2D eigenvalue weighted by atomic mass is 16.5. The SMILES string of the molecule is C[C](c1nc2ccccc2[nH]1)C(C)(c1conn1)c1conn1. The van der Waals surface area contributed by atoms with Crippen molar-refractivity contribution in [1.29, 1.82) is 0 Å². The molecule has 0 fully saturated rings. The van der Waals surface area contributed by atoms with Gasteiger partial charge < -0.3 is 14.0 Å². The van der Waals surface area contributed by atoms with E-state index in [0.717, 1.165) is 22.8 Å². The second-order valence-electron chi connectivity index (χ2n) is 5.43. The molecule has 1 radical (unpaired) electrons. The average Bonchev–Trinajstić information content (AvgIpc) is 3.34. The second-order valence-corrected chi connectivity index (χ2v) is 5.43. The van der Waals surface area contributed by atoms with Gasteiger partial charge in [-0.05, 0) is 19.1 Å². The van der Waals surface area contributed by atoms with Crippen molar-refractivity contribution in [3.05, 3.63) is 59.9 Å². The predicted molar refractivity (Wildman–Crippen MR) is 79.2 cm³/mol. The van der Waals surface area contributed by atoms with E-state index in [1.165, 1.54) is 12.5 Å². The summed E-state index contributed by atoms with van der Waals surface area (Å²) < 4.78 is 9.84. The molecule has 1 aromatic carbocycles. The molecule has 0 unspecified atom stereocenters. The van der Waals surface area contributed by atoms with E-state index < -0.39 is 5.41 Å². The quantitative estimate of drug-likeness (QED) is 0.616. The Morgan fingerprint density at radius 3 is 2.26 bits per heavy atom. The minimum atomic E-state index is -0.728. The smallest absolute Gasteiger partial charge is 0.148 e. The maximum Gasteiger partial charge on any atom is 0.148 e. The van der Waals surface area contributed by atoms with Crippen LogP contribution in [0.5, 0.6) is 0 Å². The van der Waals surface area contributed by atoms with E-state index in [4.69, 9.17) is 9.05 Å². The number of aromatic amines is 1. The van der Waals surface area contributed by atoms with E-state index in [1.807, 2.05) is 38.1 Å². The molecule has 115 valence electrons. The molecule has 0 amide bonds. The Hall–Kier alpha value is -3.03. The molecule has 1 N–H and O–H groups in total. The van der Waals surface area contributed by atoms with Gasteiger partial charge in [0, 0.05) is 10.5 Å². The predicted octanol–water partition coefficient (Wildman–Crippen LogP) is 2.28. The third-order valence-electron chi connectivity index (χ3n) is 4.24. The number of rotatable bonds is 4. The summed E-state index contributed by atoms with van der Waals surface area (Å²) in [6.07, 6.45) is 2.97. The molecule has 3 heterocycles. The van der Waals surface area contributed by atoms with Crippen LogP contribution in [0.15, 0.2) is 45.8 Å². The summed E-state index contributed by atoms with van der Waals surface area (Å²) >= 11 is 0. The molecule has 3 aromatic heterocycles. The number of H-pyrrole nitrogens is 1. The van der Waals surface area contributed by atoms with Crippen molar-refractivity contribution in [3.8, 4) is 0 Å². The van der Waals surface area contributed by atoms with Gasteiger partial charge >= 0.3 is 0 Å². The molecular weight excluding hydrogens is 296 g/mol. The van der Waals surface area contributed by atoms with Gasteiger partial charge in [-0.3, -0.25) is 0 Å². The highest BCUT2D eigenvalue weighted by Gasteiger charge is 2.43. The number of fused-ring (bicyclic) bond motifs is 1. The van der Waals surface area contributed by atoms with Gasteiger partial charge in [-0.25, -0.2) is 4.98 Å². The number of aromatic nitrogens is 6. The third kappa shape index (κ3) is 2.02. The van der Waals surface area contributed by atoms with Crippen LogP contribution in [0.3, 0.4) is 0 Å². The van der Waals surface area contributed by atoms with Crippen LogP contribution >= 0.6 is 0 Å². The van der Waals surface area contributed by atoms with Gasteiger partial charge in [0.2, 0.25) is 0 Å². The number of imidazole rings is 1. The van der Waals surface area contributed by atoms with Gasteiger partial charge in [0.15, 0.2) is 0 Å². The molecule has 0 atom stereocenters. The van der Waals surface area contributed by atoms with Crippen molar-refractivity contribution in [2.75, 3.05) is 0 Å². The summed E-state index contributed by atoms with van der Waals surface area (Å²) in [6, 6.07) is 7.84. The Kier molecular flexibility index (Phi) is 2.97. The Bertz CT molecular complexity index is 845. The Morgan fingerprint density at radius 2 is 1.70 bits per heavy atom. The highest BCUT2D eigenvalue weighted by molar-refractivity contribution is 5.75. The molecule has 0 saturated heterocycles. The van der Waals surface area contributed by atoms with Crippen molar-refractivity contribution in [3.63, 3.8) is 0 Å². The van der Waals surface area contributed by atoms with E-state index in [0.29, 0.717) is 11.4 Å². The molecular formula is C15H13N6O2. The molecule has 0 aliphatic heterocycles. The van der Waals surface area contributed by atoms with Crippen LogP contribution in [0.2, 0.25) is 0 Å². The lowest BCUT2D eigenvalue weighted by Crippen LogP contribution is -2.32. The molecule has 0 aliphatic rings. The van der Waals surface area contributed by atoms with Gasteiger partial charge in [0.05, 0.1) is 22.4 Å². The summed E-state index contributed by atoms with van der Waals surface area (Å²) in [6.45, 7) is 3.91. The lowest BCUT2D eigenvalue weighted by molar-refractivity contribution is 0.392. The van der Waals surface area contributed by atoms with Gasteiger partial charge in [-0.1, -0.05) is 19.1 Å². The summed E-state index contributed by atoms with van der Waals surface area (Å²) in [7, 11) is 0. The molecule has 23 heavy (non-hydrogen) atoms. The van der Waals surface area contributed by atoms with Crippen molar-refractivity contribution in [2.45, 2.75) is 19.3 Å². The van der Waals surface area contributed by atoms with E-state index in [-0.39, 0.29) is 0 Å². The molecule has 0 saturated carbocycles. The fourth-order valence-corrected chi connectivity index (χ4v) is 2.65. The van der Waals surface area contributed by atoms with Crippen LogP contribution in [-0.4, -0.2) is 30.7 Å². The van der Waals surface area contributed by atoms with Gasteiger partial charge in [0.1, 0.15) is 29.7 Å². The van der Waals surface area contributed by atoms with Crippen LogP contribution < -0.4 is 0 Å². The van der Waals surface area contributed by atoms with Gasteiger partial charge in [-0.15, -0.1) is 10.2 Å². The largest absolute Gasteiger partial charge is 0.345 e. The standard InChI is InChI=1S/C15H13N6O2/c1-9(14-16-10-5-3-4-6-11(10)17-14)15(2,12-7-22-20-18-12)13-8-23-21-19-13/h3-8H,1-2H3,(H,16,17). The molecule has 0 bridgehead atoms. The normalized spacial score (nSPS) is 12.3. The molecule has 0 spiro atoms. The number of hydrogen-bond donors (Lipinski definition) is 1. The fourth-order valence-electron chi connectivity index (χ4n) is 2.65. The van der Waals surface area contributed by atoms with Crippen LogP contribution in [0.1, 0.15) is 31.1 Å². The van der Waals surface area contributed by atoms with Gasteiger partial charge in [0.25, 0.3) is 0 Å². The van der Waals surface area contributed by atoms with Crippen molar-refractivity contribution in [2.24, 2.45) is 0 Å². The monoisotopic (exact) mass is 309 g/mol. The number of hydrogen-bond acceptors (Lipinski definition) is 7. The molecule has 4 rings (SSSR count). The minimum absolute atomic E-state index is 0.603. The topological polar surface area (TPSA) is 107 Å². The minimum Gasteiger partial charge on any atom is -0.345 e. The van der Waals surface area contributed by atoms with Crippen LogP contribution in [0.25, 0.3) is 11.0 Å². The van der Waals surface area contributed by atoms with E-state index >= 15 is 0 Å². The lowest BCUT2D eigenvalue weighted by Gasteiger charge is -2.28. The van der Waals surface area contributed by atoms with Crippen LogP contribution in [0.4, 0.5) is 0 Å². The number of benzene rings is 1. The first kappa shape index (κ1) is 13.6. The summed E-state index contributed by atoms with van der Waals surface area (Å²) in [4.78, 5) is 7.97. The lowest BCUT2D eigenvalue weighted by atomic mass is 9.73. The number of nitrogens with zero attached hydrogens (tertiary/aromatic N) is 5. The number of nitrogens with one attached hydrogen (secondary N) is 1. The first-order chi connectivity index (χ1) is 11.2. The third-order valence-corrected chi connectivity index (χ3v) is 4.24. The summed E-state index contributed by atoms with van der Waals surface area (Å²) in [5.41, 5.74) is 2.33. The summed E-state index contributed by atoms with van der Waals surface area (Å²) in [5, 5.41) is 15.3. The van der Waals surface area contributed by atoms with Crippen molar-refractivity contribution < 1.29 is 9.05 Å². The maximum absolute atomic E-state index is 4.92. The fraction of sp³-hybridized carbons (Fsp3) is 0.200. The number of para-hydroxylation sites is 2. The van der Waals surface area contributed by atoms with E-state index in [9.17, 15) is 0 Å². The zero-order chi connectivity index (χ0) is 15.9. The average molecular weight is 309 g/mol. The van der Waals surface area contributed by atoms with Crippen LogP contribution in [-0.2, 0) is 5.41 Å². The summed E-state index contributed by atoms with van der Waals surface area (Å²) in [5.74, 6) is 1.64. The zero-order valence-corrected chi connectivity index (χ0v) is 12.5. The van der Waals surface area contributed by atoms with Gasteiger partial charge in [-0.2, -0.15) is 0 Å². The zero-order valence-electron chi connectivity index (χ0n) is 12.5. The van der Waals surface area contributed by atoms with Crippen molar-refractivity contribution in [1.82, 2.24) is 30.7 Å². The van der Waals surface area contributed by atoms with E-state index in [1.54, 1.807) is 0 Å². The van der Waals surface area contributed by atoms with Crippen molar-refractivity contribution >= 4 is 11.0 Å². The maximum atomic E-state index is 4.92. The molecule has 8 nitrogen and oxygen atoms in total.